The lowest BCUT2D eigenvalue weighted by Crippen LogP contribution is -2.52. The van der Waals surface area contributed by atoms with E-state index < -0.39 is 16.9 Å². The lowest BCUT2D eigenvalue weighted by Gasteiger charge is -2.44. The van der Waals surface area contributed by atoms with E-state index in [1.807, 2.05) is 25.1 Å². The molecular formula is C21H23N3O5. The van der Waals surface area contributed by atoms with Crippen molar-refractivity contribution in [1.82, 2.24) is 14.5 Å². The van der Waals surface area contributed by atoms with Crippen molar-refractivity contribution in [2.75, 3.05) is 13.1 Å². The second kappa shape index (κ2) is 7.35. The Labute approximate surface area is 167 Å². The molecule has 1 amide bonds. The van der Waals surface area contributed by atoms with Gasteiger partial charge in [0, 0.05) is 51.2 Å². The average molecular weight is 397 g/mol. The number of nitrogens with zero attached hydrogens (tertiary/aromatic N) is 2. The molecule has 1 saturated heterocycles. The van der Waals surface area contributed by atoms with Crippen molar-refractivity contribution in [3.63, 3.8) is 0 Å². The maximum Gasteiger partial charge on any atom is 0.328 e. The highest BCUT2D eigenvalue weighted by molar-refractivity contribution is 6.00. The van der Waals surface area contributed by atoms with Gasteiger partial charge in [-0.3, -0.25) is 19.4 Å². The number of aryl methyl sites for hydroxylation is 2. The molecule has 29 heavy (non-hydrogen) atoms. The molecule has 8 heteroatoms. The molecule has 0 aliphatic carbocycles. The van der Waals surface area contributed by atoms with Crippen LogP contribution in [0.25, 0.3) is 0 Å². The van der Waals surface area contributed by atoms with Crippen molar-refractivity contribution in [3.8, 4) is 5.75 Å². The van der Waals surface area contributed by atoms with Gasteiger partial charge in [0.1, 0.15) is 11.4 Å². The molecule has 0 bridgehead atoms. The van der Waals surface area contributed by atoms with Crippen LogP contribution in [0.3, 0.4) is 0 Å². The number of hydrogen-bond acceptors (Lipinski definition) is 5. The number of nitrogens with one attached hydrogen (secondary N) is 1. The molecule has 2 aromatic rings. The van der Waals surface area contributed by atoms with Gasteiger partial charge in [-0.2, -0.15) is 0 Å². The van der Waals surface area contributed by atoms with E-state index in [4.69, 9.17) is 4.74 Å². The minimum Gasteiger partial charge on any atom is -0.486 e. The van der Waals surface area contributed by atoms with Gasteiger partial charge in [-0.05, 0) is 19.1 Å². The van der Waals surface area contributed by atoms with Crippen LogP contribution in [0.1, 0.15) is 41.6 Å². The quantitative estimate of drug-likeness (QED) is 0.840. The van der Waals surface area contributed by atoms with Gasteiger partial charge < -0.3 is 14.2 Å². The topological polar surface area (TPSA) is 101 Å². The molecule has 2 aliphatic rings. The Kier molecular flexibility index (Phi) is 4.86. The second-order valence-corrected chi connectivity index (χ2v) is 7.82. The molecule has 1 aromatic carbocycles. The number of H-pyrrole nitrogens is 1. The first-order valence-electron chi connectivity index (χ1n) is 9.76. The van der Waals surface area contributed by atoms with Gasteiger partial charge >= 0.3 is 5.69 Å². The molecule has 0 radical (unpaired) electrons. The number of rotatable bonds is 3. The average Bonchev–Trinajstić information content (AvgIpc) is 2.68. The summed E-state index contributed by atoms with van der Waals surface area (Å²) in [5, 5.41) is 0. The molecule has 0 atom stereocenters. The highest BCUT2D eigenvalue weighted by Gasteiger charge is 2.43. The number of aromatic nitrogens is 2. The number of amides is 1. The van der Waals surface area contributed by atoms with Crippen molar-refractivity contribution in [2.45, 2.75) is 44.8 Å². The lowest BCUT2D eigenvalue weighted by atomic mass is 9.82. The second-order valence-electron chi connectivity index (χ2n) is 7.82. The SMILES string of the molecule is Cc1ccc2c(c1)C(=O)CC1(CCN(C(=O)CCn3ccc(=O)[nH]c3=O)CC1)O2. The predicted octanol–water partition coefficient (Wildman–Crippen LogP) is 1.26. The number of ketones is 1. The molecular weight excluding hydrogens is 374 g/mol. The first kappa shape index (κ1) is 19.2. The van der Waals surface area contributed by atoms with E-state index in [9.17, 15) is 19.2 Å². The Morgan fingerprint density at radius 3 is 2.66 bits per heavy atom. The van der Waals surface area contributed by atoms with E-state index in [1.54, 1.807) is 4.90 Å². The normalized spacial score (nSPS) is 17.7. The van der Waals surface area contributed by atoms with Crippen LogP contribution in [0.4, 0.5) is 0 Å². The minimum absolute atomic E-state index is 0.0592. The van der Waals surface area contributed by atoms with Crippen LogP contribution < -0.4 is 16.0 Å². The standard InChI is InChI=1S/C21H23N3O5/c1-14-2-3-17-15(12-14)16(25)13-21(29-17)6-10-23(11-7-21)19(27)5-9-24-8-4-18(26)22-20(24)28/h2-4,8,12H,5-7,9-11,13H2,1H3,(H,22,26,28). The van der Waals surface area contributed by atoms with Gasteiger partial charge in [-0.25, -0.2) is 4.79 Å². The molecule has 2 aliphatic heterocycles. The van der Waals surface area contributed by atoms with E-state index >= 15 is 0 Å². The largest absolute Gasteiger partial charge is 0.486 e. The van der Waals surface area contributed by atoms with Gasteiger partial charge in [-0.1, -0.05) is 11.6 Å². The summed E-state index contributed by atoms with van der Waals surface area (Å²) in [6.07, 6.45) is 3.08. The van der Waals surface area contributed by atoms with Crippen LogP contribution in [-0.4, -0.2) is 44.8 Å². The minimum atomic E-state index is -0.550. The Hall–Kier alpha value is -3.16. The molecule has 8 nitrogen and oxygen atoms in total. The Morgan fingerprint density at radius 2 is 1.93 bits per heavy atom. The first-order valence-corrected chi connectivity index (χ1v) is 9.76. The van der Waals surface area contributed by atoms with Gasteiger partial charge in [0.15, 0.2) is 5.78 Å². The Balaban J connectivity index is 1.37. The molecule has 1 N–H and O–H groups in total. The molecule has 0 unspecified atom stereocenters. The third-order valence-corrected chi connectivity index (χ3v) is 5.74. The third-order valence-electron chi connectivity index (χ3n) is 5.74. The van der Waals surface area contributed by atoms with Crippen molar-refractivity contribution in [2.24, 2.45) is 0 Å². The van der Waals surface area contributed by atoms with E-state index in [0.717, 1.165) is 5.56 Å². The van der Waals surface area contributed by atoms with Crippen LogP contribution in [0.2, 0.25) is 0 Å². The summed E-state index contributed by atoms with van der Waals surface area (Å²) in [5.41, 5.74) is 0.133. The van der Waals surface area contributed by atoms with Crippen molar-refractivity contribution < 1.29 is 14.3 Å². The van der Waals surface area contributed by atoms with Crippen molar-refractivity contribution in [1.29, 1.82) is 0 Å². The molecule has 1 fully saturated rings. The Bertz CT molecular complexity index is 1080. The fourth-order valence-electron chi connectivity index (χ4n) is 4.04. The smallest absolute Gasteiger partial charge is 0.328 e. The molecule has 1 spiro atoms. The van der Waals surface area contributed by atoms with Crippen LogP contribution in [-0.2, 0) is 11.3 Å². The monoisotopic (exact) mass is 397 g/mol. The number of fused-ring (bicyclic) bond motifs is 1. The van der Waals surface area contributed by atoms with E-state index in [-0.39, 0.29) is 24.7 Å². The number of piperidine rings is 1. The number of Topliss-reactive ketones (excluding diaryl/α,β-unsaturated/α-hetero) is 1. The summed E-state index contributed by atoms with van der Waals surface area (Å²) < 4.78 is 7.54. The zero-order chi connectivity index (χ0) is 20.6. The summed E-state index contributed by atoms with van der Waals surface area (Å²) >= 11 is 0. The maximum absolute atomic E-state index is 12.6. The number of carbonyl (C=O) groups is 2. The van der Waals surface area contributed by atoms with Gasteiger partial charge in [0.25, 0.3) is 5.56 Å². The Morgan fingerprint density at radius 1 is 1.17 bits per heavy atom. The third kappa shape index (κ3) is 3.87. The van der Waals surface area contributed by atoms with Gasteiger partial charge in [0.05, 0.1) is 12.0 Å². The molecule has 1 aromatic heterocycles. The van der Waals surface area contributed by atoms with Crippen LogP contribution >= 0.6 is 0 Å². The van der Waals surface area contributed by atoms with E-state index in [1.165, 1.54) is 16.8 Å². The zero-order valence-corrected chi connectivity index (χ0v) is 16.3. The number of carbonyl (C=O) groups excluding carboxylic acids is 2. The summed E-state index contributed by atoms with van der Waals surface area (Å²) in [4.78, 5) is 51.9. The van der Waals surface area contributed by atoms with Crippen LogP contribution in [0.5, 0.6) is 5.75 Å². The van der Waals surface area contributed by atoms with Crippen molar-refractivity contribution in [3.05, 3.63) is 62.4 Å². The lowest BCUT2D eigenvalue weighted by molar-refractivity contribution is -0.135. The van der Waals surface area contributed by atoms with Crippen LogP contribution in [0.15, 0.2) is 40.1 Å². The van der Waals surface area contributed by atoms with Crippen molar-refractivity contribution >= 4 is 11.7 Å². The summed E-state index contributed by atoms with van der Waals surface area (Å²) in [6, 6.07) is 6.90. The number of likely N-dealkylation sites (tertiary alicyclic amines) is 1. The highest BCUT2D eigenvalue weighted by Crippen LogP contribution is 2.39. The number of aromatic amines is 1. The highest BCUT2D eigenvalue weighted by atomic mass is 16.5. The zero-order valence-electron chi connectivity index (χ0n) is 16.3. The molecule has 4 rings (SSSR count). The predicted molar refractivity (Wildman–Crippen MR) is 105 cm³/mol. The number of ether oxygens (including phenoxy) is 1. The first-order chi connectivity index (χ1) is 13.8. The molecule has 0 saturated carbocycles. The fourth-order valence-corrected chi connectivity index (χ4v) is 4.04. The van der Waals surface area contributed by atoms with Gasteiger partial charge in [0.2, 0.25) is 5.91 Å². The number of hydrogen-bond donors (Lipinski definition) is 1. The van der Waals surface area contributed by atoms with Gasteiger partial charge in [-0.15, -0.1) is 0 Å². The van der Waals surface area contributed by atoms with E-state index in [2.05, 4.69) is 4.98 Å². The van der Waals surface area contributed by atoms with E-state index in [0.29, 0.717) is 43.7 Å². The maximum atomic E-state index is 12.6. The van der Waals surface area contributed by atoms with Crippen LogP contribution in [0, 0.1) is 6.92 Å². The summed E-state index contributed by atoms with van der Waals surface area (Å²) in [6.45, 7) is 3.17. The summed E-state index contributed by atoms with van der Waals surface area (Å²) in [5.74, 6) is 0.660. The molecule has 3 heterocycles. The number of benzene rings is 1. The fraction of sp³-hybridized carbons (Fsp3) is 0.429. The molecule has 152 valence electrons. The summed E-state index contributed by atoms with van der Waals surface area (Å²) in [7, 11) is 0.